The third-order valence-corrected chi connectivity index (χ3v) is 3.96. The Hall–Kier alpha value is -3.38. The molecule has 6 nitrogen and oxygen atoms in total. The minimum absolute atomic E-state index is 0.131. The van der Waals surface area contributed by atoms with Crippen LogP contribution in [0.15, 0.2) is 48.8 Å². The molecule has 142 valence electrons. The summed E-state index contributed by atoms with van der Waals surface area (Å²) in [5.41, 5.74) is -0.382. The van der Waals surface area contributed by atoms with Crippen LogP contribution in [-0.2, 0) is 12.7 Å². The molecule has 0 aliphatic carbocycles. The Morgan fingerprint density at radius 2 is 1.93 bits per heavy atom. The van der Waals surface area contributed by atoms with Gasteiger partial charge in [0.15, 0.2) is 0 Å². The van der Waals surface area contributed by atoms with Crippen LogP contribution in [0.25, 0.3) is 0 Å². The van der Waals surface area contributed by atoms with E-state index in [1.54, 1.807) is 24.3 Å². The fourth-order valence-electron chi connectivity index (χ4n) is 2.42. The van der Waals surface area contributed by atoms with E-state index in [0.29, 0.717) is 18.2 Å². The molecule has 2 aromatic carbocycles. The molecule has 1 amide bonds. The lowest BCUT2D eigenvalue weighted by Crippen LogP contribution is -2.19. The van der Waals surface area contributed by atoms with Gasteiger partial charge in [-0.25, -0.2) is 9.67 Å². The Morgan fingerprint density at radius 1 is 1.21 bits per heavy atom. The molecule has 10 heteroatoms. The molecule has 3 rings (SSSR count). The van der Waals surface area contributed by atoms with Crippen LogP contribution in [0.3, 0.4) is 0 Å². The van der Waals surface area contributed by atoms with Crippen LogP contribution >= 0.6 is 11.6 Å². The number of amides is 1. The second-order valence-corrected chi connectivity index (χ2v) is 6.15. The number of aromatic nitrogens is 3. The highest BCUT2D eigenvalue weighted by atomic mass is 35.5. The normalized spacial score (nSPS) is 11.1. The number of nitriles is 1. The predicted octanol–water partition coefficient (Wildman–Crippen LogP) is 4.12. The number of alkyl halides is 3. The molecular formula is C18H11ClF3N5O. The molecule has 28 heavy (non-hydrogen) atoms. The zero-order valence-corrected chi connectivity index (χ0v) is 14.8. The predicted molar refractivity (Wildman–Crippen MR) is 94.7 cm³/mol. The smallest absolute Gasteiger partial charge is 0.289 e. The van der Waals surface area contributed by atoms with Gasteiger partial charge in [-0.2, -0.15) is 18.4 Å². The highest BCUT2D eigenvalue weighted by Crippen LogP contribution is 2.34. The van der Waals surface area contributed by atoms with Gasteiger partial charge in [-0.1, -0.05) is 23.7 Å². The van der Waals surface area contributed by atoms with E-state index in [1.807, 2.05) is 6.07 Å². The van der Waals surface area contributed by atoms with Crippen molar-refractivity contribution in [1.82, 2.24) is 14.8 Å². The molecule has 0 spiro atoms. The van der Waals surface area contributed by atoms with Crippen molar-refractivity contribution in [2.45, 2.75) is 12.7 Å². The summed E-state index contributed by atoms with van der Waals surface area (Å²) in [6, 6.07) is 11.7. The van der Waals surface area contributed by atoms with Crippen LogP contribution in [0.1, 0.15) is 27.0 Å². The Morgan fingerprint density at radius 3 is 2.57 bits per heavy atom. The summed E-state index contributed by atoms with van der Waals surface area (Å²) in [5.74, 6) is -1.14. The fourth-order valence-corrected chi connectivity index (χ4v) is 2.59. The maximum Gasteiger partial charge on any atom is 0.417 e. The molecule has 0 saturated carbocycles. The van der Waals surface area contributed by atoms with Crippen molar-refractivity contribution in [1.29, 1.82) is 5.26 Å². The number of hydrogen-bond donors (Lipinski definition) is 1. The molecule has 0 radical (unpaired) electrons. The first kappa shape index (κ1) is 19.4. The summed E-state index contributed by atoms with van der Waals surface area (Å²) in [7, 11) is 0. The number of rotatable bonds is 4. The average Bonchev–Trinajstić information content (AvgIpc) is 3.08. The van der Waals surface area contributed by atoms with Crippen molar-refractivity contribution < 1.29 is 18.0 Å². The molecule has 0 atom stereocenters. The fraction of sp³-hybridized carbons (Fsp3) is 0.111. The molecule has 0 saturated heterocycles. The first-order chi connectivity index (χ1) is 13.3. The zero-order valence-electron chi connectivity index (χ0n) is 14.0. The second-order valence-electron chi connectivity index (χ2n) is 5.72. The van der Waals surface area contributed by atoms with Gasteiger partial charge in [0.05, 0.1) is 29.3 Å². The van der Waals surface area contributed by atoms with Gasteiger partial charge in [-0.3, -0.25) is 10.1 Å². The van der Waals surface area contributed by atoms with Crippen molar-refractivity contribution in [3.8, 4) is 6.07 Å². The molecule has 0 bridgehead atoms. The topological polar surface area (TPSA) is 83.6 Å². The Balaban J connectivity index is 1.75. The number of carbonyl (C=O) groups excluding carboxylic acids is 1. The van der Waals surface area contributed by atoms with Crippen molar-refractivity contribution in [2.75, 3.05) is 5.32 Å². The van der Waals surface area contributed by atoms with E-state index in [1.165, 1.54) is 17.1 Å². The highest BCUT2D eigenvalue weighted by Gasteiger charge is 2.35. The number of halogens is 4. The lowest BCUT2D eigenvalue weighted by molar-refractivity contribution is -0.137. The molecule has 1 aromatic heterocycles. The SMILES string of the molecule is N#Cc1ccc(Cn2cnc(NC(=O)c3ccc(Cl)cc3C(F)(F)F)n2)cc1. The van der Waals surface area contributed by atoms with Crippen molar-refractivity contribution in [3.05, 3.63) is 76.1 Å². The van der Waals surface area contributed by atoms with Crippen molar-refractivity contribution in [2.24, 2.45) is 0 Å². The average molecular weight is 406 g/mol. The summed E-state index contributed by atoms with van der Waals surface area (Å²) in [5, 5.41) is 14.9. The molecule has 0 aliphatic rings. The number of nitrogens with one attached hydrogen (secondary N) is 1. The van der Waals surface area contributed by atoms with Gasteiger partial charge in [0, 0.05) is 5.02 Å². The molecule has 0 aliphatic heterocycles. The molecule has 1 heterocycles. The standard InChI is InChI=1S/C18H11ClF3N5O/c19-13-5-6-14(15(7-13)18(20,21)22)16(28)25-17-24-10-27(26-17)9-12-3-1-11(8-23)2-4-12/h1-7,10H,9H2,(H,25,26,28). The van der Waals surface area contributed by atoms with E-state index in [0.717, 1.165) is 11.6 Å². The van der Waals surface area contributed by atoms with Crippen LogP contribution in [0.5, 0.6) is 0 Å². The van der Waals surface area contributed by atoms with E-state index >= 15 is 0 Å². The third-order valence-electron chi connectivity index (χ3n) is 3.72. The monoisotopic (exact) mass is 405 g/mol. The Labute approximate surface area is 162 Å². The Bertz CT molecular complexity index is 1050. The molecule has 3 aromatic rings. The number of benzene rings is 2. The van der Waals surface area contributed by atoms with Crippen molar-refractivity contribution >= 4 is 23.5 Å². The third kappa shape index (κ3) is 4.47. The van der Waals surface area contributed by atoms with Gasteiger partial charge in [-0.05, 0) is 35.9 Å². The number of anilines is 1. The van der Waals surface area contributed by atoms with Gasteiger partial charge in [-0.15, -0.1) is 5.10 Å². The minimum Gasteiger partial charge on any atom is -0.289 e. The Kier molecular flexibility index (Phi) is 5.33. The van der Waals surface area contributed by atoms with Crippen molar-refractivity contribution in [3.63, 3.8) is 0 Å². The van der Waals surface area contributed by atoms with Crippen LogP contribution in [0.2, 0.25) is 5.02 Å². The first-order valence-corrected chi connectivity index (χ1v) is 8.20. The van der Waals surface area contributed by atoms with Gasteiger partial charge >= 0.3 is 6.18 Å². The summed E-state index contributed by atoms with van der Waals surface area (Å²) in [4.78, 5) is 16.1. The highest BCUT2D eigenvalue weighted by molar-refractivity contribution is 6.30. The zero-order chi connectivity index (χ0) is 20.3. The van der Waals surface area contributed by atoms with E-state index in [-0.39, 0.29) is 11.0 Å². The minimum atomic E-state index is -4.74. The van der Waals surface area contributed by atoms with Crippen LogP contribution in [-0.4, -0.2) is 20.7 Å². The summed E-state index contributed by atoms with van der Waals surface area (Å²) < 4.78 is 40.8. The van der Waals surface area contributed by atoms with E-state index < -0.39 is 23.2 Å². The largest absolute Gasteiger partial charge is 0.417 e. The van der Waals surface area contributed by atoms with E-state index in [9.17, 15) is 18.0 Å². The lowest BCUT2D eigenvalue weighted by Gasteiger charge is -2.12. The second kappa shape index (κ2) is 7.70. The summed E-state index contributed by atoms with van der Waals surface area (Å²) in [6.07, 6.45) is -3.40. The molecule has 1 N–H and O–H groups in total. The van der Waals surface area contributed by atoms with Crippen LogP contribution < -0.4 is 5.32 Å². The van der Waals surface area contributed by atoms with Crippen LogP contribution in [0, 0.1) is 11.3 Å². The number of carbonyl (C=O) groups is 1. The van der Waals surface area contributed by atoms with E-state index in [4.69, 9.17) is 16.9 Å². The quantitative estimate of drug-likeness (QED) is 0.707. The van der Waals surface area contributed by atoms with Crippen LogP contribution in [0.4, 0.5) is 19.1 Å². The van der Waals surface area contributed by atoms with Gasteiger partial charge in [0.1, 0.15) is 6.33 Å². The number of hydrogen-bond acceptors (Lipinski definition) is 4. The molecule has 0 unspecified atom stereocenters. The lowest BCUT2D eigenvalue weighted by atomic mass is 10.1. The maximum atomic E-state index is 13.1. The van der Waals surface area contributed by atoms with E-state index in [2.05, 4.69) is 15.4 Å². The van der Waals surface area contributed by atoms with Gasteiger partial charge in [0.2, 0.25) is 5.95 Å². The first-order valence-electron chi connectivity index (χ1n) is 7.83. The maximum absolute atomic E-state index is 13.1. The molecule has 0 fully saturated rings. The summed E-state index contributed by atoms with van der Waals surface area (Å²) >= 11 is 5.61. The molecular weight excluding hydrogens is 395 g/mol. The van der Waals surface area contributed by atoms with Gasteiger partial charge in [0.25, 0.3) is 5.91 Å². The van der Waals surface area contributed by atoms with Gasteiger partial charge < -0.3 is 0 Å². The number of nitrogens with zero attached hydrogens (tertiary/aromatic N) is 4. The summed E-state index contributed by atoms with van der Waals surface area (Å²) in [6.45, 7) is 0.309.